The molecule has 2 unspecified atom stereocenters. The molecule has 69 heavy (non-hydrogen) atoms. The van der Waals surface area contributed by atoms with Crippen LogP contribution in [0.3, 0.4) is 0 Å². The molecular weight excluding hydrogens is 851 g/mol. The van der Waals surface area contributed by atoms with E-state index >= 15 is 0 Å². The molecule has 0 bridgehead atoms. The fourth-order valence-corrected chi connectivity index (χ4v) is 9.69. The second-order valence-electron chi connectivity index (χ2n) is 21.4. The Balaban J connectivity index is 3.44. The highest BCUT2D eigenvalue weighted by molar-refractivity contribution is 5.76. The summed E-state index contributed by atoms with van der Waals surface area (Å²) in [6, 6.07) is -0.633. The minimum Gasteiger partial charge on any atom is -0.466 e. The molecule has 0 aromatic rings. The van der Waals surface area contributed by atoms with Crippen molar-refractivity contribution in [1.29, 1.82) is 0 Å². The number of allylic oxidation sites excluding steroid dienone is 3. The van der Waals surface area contributed by atoms with E-state index in [0.717, 1.165) is 44.9 Å². The molecule has 0 aromatic heterocycles. The molecular formula is C63H121NO5. The maximum absolute atomic E-state index is 12.5. The lowest BCUT2D eigenvalue weighted by Gasteiger charge is -2.20. The van der Waals surface area contributed by atoms with Crippen LogP contribution in [0.15, 0.2) is 24.3 Å². The van der Waals surface area contributed by atoms with Crippen molar-refractivity contribution in [2.24, 2.45) is 0 Å². The van der Waals surface area contributed by atoms with Gasteiger partial charge in [-0.05, 0) is 57.8 Å². The first kappa shape index (κ1) is 67.3. The van der Waals surface area contributed by atoms with Crippen LogP contribution in [0.4, 0.5) is 0 Å². The van der Waals surface area contributed by atoms with Crippen molar-refractivity contribution in [2.45, 2.75) is 353 Å². The van der Waals surface area contributed by atoms with Gasteiger partial charge in [-0.2, -0.15) is 0 Å². The molecule has 0 aliphatic carbocycles. The van der Waals surface area contributed by atoms with Gasteiger partial charge in [0.15, 0.2) is 0 Å². The normalized spacial score (nSPS) is 12.7. The summed E-state index contributed by atoms with van der Waals surface area (Å²) in [6.07, 6.45) is 72.1. The van der Waals surface area contributed by atoms with Gasteiger partial charge in [0.1, 0.15) is 0 Å². The van der Waals surface area contributed by atoms with E-state index in [1.807, 2.05) is 6.08 Å². The van der Waals surface area contributed by atoms with E-state index in [1.165, 1.54) is 270 Å². The Morgan fingerprint density at radius 3 is 1.03 bits per heavy atom. The number of amides is 1. The second-order valence-corrected chi connectivity index (χ2v) is 21.4. The molecule has 0 aliphatic rings. The smallest absolute Gasteiger partial charge is 0.305 e. The third kappa shape index (κ3) is 55.5. The fourth-order valence-electron chi connectivity index (χ4n) is 9.69. The van der Waals surface area contributed by atoms with Crippen molar-refractivity contribution >= 4 is 11.9 Å². The number of aliphatic hydroxyl groups is 2. The number of nitrogens with one attached hydrogen (secondary N) is 1. The summed E-state index contributed by atoms with van der Waals surface area (Å²) >= 11 is 0. The first-order chi connectivity index (χ1) is 34.0. The second kappa shape index (κ2) is 58.9. The van der Waals surface area contributed by atoms with Gasteiger partial charge < -0.3 is 20.3 Å². The summed E-state index contributed by atoms with van der Waals surface area (Å²) in [7, 11) is 0. The molecule has 1 amide bonds. The predicted octanol–water partition coefficient (Wildman–Crippen LogP) is 19.4. The molecule has 0 saturated heterocycles. The first-order valence-electron chi connectivity index (χ1n) is 31.1. The molecule has 0 fully saturated rings. The lowest BCUT2D eigenvalue weighted by atomic mass is 10.0. The van der Waals surface area contributed by atoms with Crippen LogP contribution in [0.5, 0.6) is 0 Å². The zero-order chi connectivity index (χ0) is 50.0. The highest BCUT2D eigenvalue weighted by Gasteiger charge is 2.18. The number of carbonyl (C=O) groups is 2. The molecule has 3 N–H and O–H groups in total. The van der Waals surface area contributed by atoms with Gasteiger partial charge in [-0.15, -0.1) is 0 Å². The Kier molecular flexibility index (Phi) is 57.5. The zero-order valence-corrected chi connectivity index (χ0v) is 46.6. The zero-order valence-electron chi connectivity index (χ0n) is 46.6. The van der Waals surface area contributed by atoms with Crippen LogP contribution >= 0.6 is 0 Å². The van der Waals surface area contributed by atoms with Crippen LogP contribution in [0, 0.1) is 0 Å². The van der Waals surface area contributed by atoms with Crippen molar-refractivity contribution in [1.82, 2.24) is 5.32 Å². The van der Waals surface area contributed by atoms with Crippen molar-refractivity contribution in [3.63, 3.8) is 0 Å². The number of hydrogen-bond acceptors (Lipinski definition) is 5. The van der Waals surface area contributed by atoms with Crippen LogP contribution in [0.25, 0.3) is 0 Å². The summed E-state index contributed by atoms with van der Waals surface area (Å²) < 4.78 is 5.48. The Bertz CT molecular complexity index is 1080. The summed E-state index contributed by atoms with van der Waals surface area (Å²) in [5, 5.41) is 23.1. The van der Waals surface area contributed by atoms with Gasteiger partial charge in [-0.3, -0.25) is 9.59 Å². The largest absolute Gasteiger partial charge is 0.466 e. The van der Waals surface area contributed by atoms with Gasteiger partial charge in [0.05, 0.1) is 25.4 Å². The highest BCUT2D eigenvalue weighted by Crippen LogP contribution is 2.17. The molecule has 0 saturated carbocycles. The highest BCUT2D eigenvalue weighted by atomic mass is 16.5. The van der Waals surface area contributed by atoms with E-state index in [9.17, 15) is 19.8 Å². The standard InChI is InChI=1S/C63H121NO5/c1-3-5-7-9-11-13-15-17-18-25-28-32-35-39-43-47-51-55-61(66)60(59-65)64-62(67)56-52-48-44-40-36-33-29-26-23-21-19-20-22-24-27-30-34-38-42-46-50-54-58-69-63(68)57-53-49-45-41-37-31-16-14-12-10-8-6-4-2/h21,23,51,55,60-61,65-66H,3-20,22,24-50,52-54,56-59H2,1-2H3,(H,64,67)/b23-21-,55-51+. The van der Waals surface area contributed by atoms with Gasteiger partial charge in [0.25, 0.3) is 0 Å². The average Bonchev–Trinajstić information content (AvgIpc) is 3.35. The first-order valence-corrected chi connectivity index (χ1v) is 31.1. The number of unbranched alkanes of at least 4 members (excludes halogenated alkanes) is 45. The molecule has 408 valence electrons. The molecule has 0 radical (unpaired) electrons. The van der Waals surface area contributed by atoms with E-state index in [4.69, 9.17) is 4.74 Å². The lowest BCUT2D eigenvalue weighted by Crippen LogP contribution is -2.45. The maximum atomic E-state index is 12.5. The number of esters is 1. The van der Waals surface area contributed by atoms with Gasteiger partial charge in [0, 0.05) is 12.8 Å². The number of hydrogen-bond donors (Lipinski definition) is 3. The van der Waals surface area contributed by atoms with Crippen molar-refractivity contribution in [3.05, 3.63) is 24.3 Å². The van der Waals surface area contributed by atoms with Gasteiger partial charge in [-0.1, -0.05) is 295 Å². The van der Waals surface area contributed by atoms with Gasteiger partial charge >= 0.3 is 5.97 Å². The molecule has 0 rings (SSSR count). The fraction of sp³-hybridized carbons (Fsp3) is 0.905. The summed E-state index contributed by atoms with van der Waals surface area (Å²) in [5.74, 6) is -0.0615. The number of aliphatic hydroxyl groups excluding tert-OH is 2. The van der Waals surface area contributed by atoms with Gasteiger partial charge in [0.2, 0.25) is 5.91 Å². The van der Waals surface area contributed by atoms with Crippen LogP contribution < -0.4 is 5.32 Å². The molecule has 0 spiro atoms. The minimum absolute atomic E-state index is 0.0112. The lowest BCUT2D eigenvalue weighted by molar-refractivity contribution is -0.143. The van der Waals surface area contributed by atoms with Crippen molar-refractivity contribution in [2.75, 3.05) is 13.2 Å². The predicted molar refractivity (Wildman–Crippen MR) is 301 cm³/mol. The number of rotatable bonds is 58. The molecule has 6 nitrogen and oxygen atoms in total. The van der Waals surface area contributed by atoms with Gasteiger partial charge in [-0.25, -0.2) is 0 Å². The summed E-state index contributed by atoms with van der Waals surface area (Å²) in [5.41, 5.74) is 0. The quantitative estimate of drug-likeness (QED) is 0.0321. The third-order valence-corrected chi connectivity index (χ3v) is 14.5. The van der Waals surface area contributed by atoms with E-state index < -0.39 is 12.1 Å². The summed E-state index contributed by atoms with van der Waals surface area (Å²) in [6.45, 7) is 4.92. The number of ether oxygens (including phenoxy) is 1. The monoisotopic (exact) mass is 972 g/mol. The van der Waals surface area contributed by atoms with E-state index in [0.29, 0.717) is 19.4 Å². The topological polar surface area (TPSA) is 95.9 Å². The molecule has 0 aromatic carbocycles. The Morgan fingerprint density at radius 1 is 0.391 bits per heavy atom. The average molecular weight is 973 g/mol. The molecule has 0 heterocycles. The van der Waals surface area contributed by atoms with Crippen LogP contribution in [0.1, 0.15) is 341 Å². The van der Waals surface area contributed by atoms with Crippen molar-refractivity contribution < 1.29 is 24.5 Å². The molecule has 0 aliphatic heterocycles. The maximum Gasteiger partial charge on any atom is 0.305 e. The third-order valence-electron chi connectivity index (χ3n) is 14.5. The van der Waals surface area contributed by atoms with E-state index in [2.05, 4.69) is 31.3 Å². The minimum atomic E-state index is -0.849. The van der Waals surface area contributed by atoms with Crippen LogP contribution in [-0.4, -0.2) is 47.4 Å². The molecule has 2 atom stereocenters. The Morgan fingerprint density at radius 2 is 0.681 bits per heavy atom. The van der Waals surface area contributed by atoms with Crippen molar-refractivity contribution in [3.8, 4) is 0 Å². The number of carbonyl (C=O) groups excluding carboxylic acids is 2. The molecule has 6 heteroatoms. The summed E-state index contributed by atoms with van der Waals surface area (Å²) in [4.78, 5) is 24.5. The Hall–Kier alpha value is -1.66. The SMILES string of the molecule is CCCCCCCCCCCCCCCCC/C=C/C(O)C(CO)NC(=O)CCCCCCCCC/C=C\CCCCCCCCCCCCCOC(=O)CCCCCCCCCCCCCCC. The van der Waals surface area contributed by atoms with Crippen LogP contribution in [-0.2, 0) is 14.3 Å². The van der Waals surface area contributed by atoms with Crippen LogP contribution in [0.2, 0.25) is 0 Å². The Labute approximate surface area is 431 Å². The van der Waals surface area contributed by atoms with E-state index in [1.54, 1.807) is 6.08 Å². The van der Waals surface area contributed by atoms with E-state index in [-0.39, 0.29) is 18.5 Å².